The average Bonchev–Trinajstić information content (AvgIpc) is 2.96. The Bertz CT molecular complexity index is 396. The molecule has 0 radical (unpaired) electrons. The van der Waals surface area contributed by atoms with Crippen molar-refractivity contribution < 1.29 is 14.3 Å². The van der Waals surface area contributed by atoms with Crippen LogP contribution in [0.2, 0.25) is 0 Å². The lowest BCUT2D eigenvalue weighted by atomic mass is 10.0. The summed E-state index contributed by atoms with van der Waals surface area (Å²) in [7, 11) is 1.38. The molecule has 1 aromatic carbocycles. The van der Waals surface area contributed by atoms with Gasteiger partial charge >= 0.3 is 5.97 Å². The van der Waals surface area contributed by atoms with Gasteiger partial charge < -0.3 is 14.8 Å². The van der Waals surface area contributed by atoms with Crippen molar-refractivity contribution in [2.75, 3.05) is 26.8 Å². The molecule has 1 saturated heterocycles. The normalized spacial score (nSPS) is 18.3. The van der Waals surface area contributed by atoms with Gasteiger partial charge in [0, 0.05) is 0 Å². The second-order valence-corrected chi connectivity index (χ2v) is 4.87. The van der Waals surface area contributed by atoms with E-state index in [9.17, 15) is 4.79 Å². The molecule has 1 aliphatic rings. The molecule has 2 rings (SSSR count). The molecule has 1 aromatic rings. The van der Waals surface area contributed by atoms with Crippen molar-refractivity contribution in [1.29, 1.82) is 0 Å². The highest BCUT2D eigenvalue weighted by Crippen LogP contribution is 2.16. The van der Waals surface area contributed by atoms with Gasteiger partial charge in [0.2, 0.25) is 0 Å². The van der Waals surface area contributed by atoms with Crippen LogP contribution in [0.3, 0.4) is 0 Å². The number of rotatable bonds is 6. The summed E-state index contributed by atoms with van der Waals surface area (Å²) in [5.74, 6) is 1.29. The van der Waals surface area contributed by atoms with E-state index in [1.165, 1.54) is 20.0 Å². The summed E-state index contributed by atoms with van der Waals surface area (Å²) >= 11 is 0. The SMILES string of the molecule is COC(=O)c1ccc(OCCCC2CCNC2)cc1. The van der Waals surface area contributed by atoms with E-state index in [-0.39, 0.29) is 5.97 Å². The lowest BCUT2D eigenvalue weighted by molar-refractivity contribution is 0.0600. The third-order valence-corrected chi connectivity index (χ3v) is 3.46. The third-order valence-electron chi connectivity index (χ3n) is 3.46. The Morgan fingerprint density at radius 2 is 2.16 bits per heavy atom. The molecule has 0 saturated carbocycles. The number of carbonyl (C=O) groups is 1. The molecule has 0 aromatic heterocycles. The van der Waals surface area contributed by atoms with Gasteiger partial charge in [-0.15, -0.1) is 0 Å². The van der Waals surface area contributed by atoms with E-state index in [0.29, 0.717) is 5.56 Å². The summed E-state index contributed by atoms with van der Waals surface area (Å²) in [5, 5.41) is 3.37. The molecule has 1 unspecified atom stereocenters. The molecule has 0 amide bonds. The third kappa shape index (κ3) is 4.24. The van der Waals surface area contributed by atoms with Crippen molar-refractivity contribution in [3.63, 3.8) is 0 Å². The molecule has 4 heteroatoms. The maximum absolute atomic E-state index is 11.3. The van der Waals surface area contributed by atoms with Crippen LogP contribution in [0, 0.1) is 5.92 Å². The van der Waals surface area contributed by atoms with E-state index in [1.807, 2.05) is 12.1 Å². The van der Waals surface area contributed by atoms with Crippen LogP contribution in [0.4, 0.5) is 0 Å². The molecule has 1 atom stereocenters. The molecule has 1 N–H and O–H groups in total. The first-order chi connectivity index (χ1) is 9.29. The van der Waals surface area contributed by atoms with Crippen molar-refractivity contribution in [3.8, 4) is 5.75 Å². The number of carbonyl (C=O) groups excluding carboxylic acids is 1. The molecule has 1 heterocycles. The number of nitrogens with one attached hydrogen (secondary N) is 1. The van der Waals surface area contributed by atoms with Gasteiger partial charge in [0.25, 0.3) is 0 Å². The Morgan fingerprint density at radius 3 is 2.79 bits per heavy atom. The van der Waals surface area contributed by atoms with Gasteiger partial charge in [-0.3, -0.25) is 0 Å². The minimum absolute atomic E-state index is 0.319. The highest BCUT2D eigenvalue weighted by atomic mass is 16.5. The molecule has 0 bridgehead atoms. The predicted molar refractivity (Wildman–Crippen MR) is 73.5 cm³/mol. The smallest absolute Gasteiger partial charge is 0.337 e. The fourth-order valence-electron chi connectivity index (χ4n) is 2.33. The molecular formula is C15H21NO3. The van der Waals surface area contributed by atoms with Crippen LogP contribution in [0.1, 0.15) is 29.6 Å². The largest absolute Gasteiger partial charge is 0.494 e. The van der Waals surface area contributed by atoms with Gasteiger partial charge in [0.1, 0.15) is 5.75 Å². The van der Waals surface area contributed by atoms with E-state index >= 15 is 0 Å². The Hall–Kier alpha value is -1.55. The molecule has 0 aliphatic carbocycles. The van der Waals surface area contributed by atoms with Gasteiger partial charge in [-0.1, -0.05) is 0 Å². The molecule has 104 valence electrons. The van der Waals surface area contributed by atoms with Gasteiger partial charge in [-0.2, -0.15) is 0 Å². The molecular weight excluding hydrogens is 242 g/mol. The van der Waals surface area contributed by atoms with Gasteiger partial charge in [0.05, 0.1) is 19.3 Å². The maximum Gasteiger partial charge on any atom is 0.337 e. The van der Waals surface area contributed by atoms with Crippen LogP contribution >= 0.6 is 0 Å². The van der Waals surface area contributed by atoms with E-state index in [0.717, 1.165) is 37.8 Å². The predicted octanol–water partition coefficient (Wildman–Crippen LogP) is 2.24. The molecule has 19 heavy (non-hydrogen) atoms. The minimum atomic E-state index is -0.319. The Balaban J connectivity index is 1.69. The number of hydrogen-bond donors (Lipinski definition) is 1. The summed E-state index contributed by atoms with van der Waals surface area (Å²) < 4.78 is 10.3. The zero-order valence-corrected chi connectivity index (χ0v) is 11.4. The van der Waals surface area contributed by atoms with E-state index in [2.05, 4.69) is 10.1 Å². The molecule has 1 aliphatic heterocycles. The summed E-state index contributed by atoms with van der Waals surface area (Å²) in [6.07, 6.45) is 3.58. The lowest BCUT2D eigenvalue weighted by Crippen LogP contribution is -2.10. The quantitative estimate of drug-likeness (QED) is 0.631. The number of methoxy groups -OCH3 is 1. The first-order valence-corrected chi connectivity index (χ1v) is 6.81. The summed E-state index contributed by atoms with van der Waals surface area (Å²) in [4.78, 5) is 11.3. The van der Waals surface area contributed by atoms with Gasteiger partial charge in [-0.25, -0.2) is 4.79 Å². The topological polar surface area (TPSA) is 47.6 Å². The Morgan fingerprint density at radius 1 is 1.37 bits per heavy atom. The van der Waals surface area contributed by atoms with E-state index < -0.39 is 0 Å². The number of ether oxygens (including phenoxy) is 2. The summed E-state index contributed by atoms with van der Waals surface area (Å²) in [6.45, 7) is 3.03. The summed E-state index contributed by atoms with van der Waals surface area (Å²) in [5.41, 5.74) is 0.548. The zero-order valence-electron chi connectivity index (χ0n) is 11.4. The van der Waals surface area contributed by atoms with Crippen molar-refractivity contribution >= 4 is 5.97 Å². The second kappa shape index (κ2) is 7.14. The van der Waals surface area contributed by atoms with Gasteiger partial charge in [0.15, 0.2) is 0 Å². The zero-order chi connectivity index (χ0) is 13.5. The van der Waals surface area contributed by atoms with Crippen molar-refractivity contribution in [2.24, 2.45) is 5.92 Å². The minimum Gasteiger partial charge on any atom is -0.494 e. The van der Waals surface area contributed by atoms with E-state index in [1.54, 1.807) is 12.1 Å². The average molecular weight is 263 g/mol. The highest BCUT2D eigenvalue weighted by Gasteiger charge is 2.13. The first-order valence-electron chi connectivity index (χ1n) is 6.81. The van der Waals surface area contributed by atoms with Crippen LogP contribution in [0.15, 0.2) is 24.3 Å². The maximum atomic E-state index is 11.3. The van der Waals surface area contributed by atoms with Crippen molar-refractivity contribution in [1.82, 2.24) is 5.32 Å². The highest BCUT2D eigenvalue weighted by molar-refractivity contribution is 5.89. The number of esters is 1. The lowest BCUT2D eigenvalue weighted by Gasteiger charge is -2.09. The summed E-state index contributed by atoms with van der Waals surface area (Å²) in [6, 6.07) is 7.07. The van der Waals surface area contributed by atoms with Crippen LogP contribution in [0.5, 0.6) is 5.75 Å². The molecule has 4 nitrogen and oxygen atoms in total. The first kappa shape index (κ1) is 13.9. The van der Waals surface area contributed by atoms with E-state index in [4.69, 9.17) is 4.74 Å². The van der Waals surface area contributed by atoms with Crippen LogP contribution in [0.25, 0.3) is 0 Å². The van der Waals surface area contributed by atoms with Crippen LogP contribution < -0.4 is 10.1 Å². The fraction of sp³-hybridized carbons (Fsp3) is 0.533. The van der Waals surface area contributed by atoms with Crippen molar-refractivity contribution in [2.45, 2.75) is 19.3 Å². The Labute approximate surface area is 114 Å². The standard InChI is InChI=1S/C15H21NO3/c1-18-15(17)13-4-6-14(7-5-13)19-10-2-3-12-8-9-16-11-12/h4-7,12,16H,2-3,8-11H2,1H3. The number of benzene rings is 1. The van der Waals surface area contributed by atoms with Crippen LogP contribution in [-0.4, -0.2) is 32.8 Å². The fourth-order valence-corrected chi connectivity index (χ4v) is 2.33. The van der Waals surface area contributed by atoms with Gasteiger partial charge in [-0.05, 0) is 62.5 Å². The molecule has 0 spiro atoms. The van der Waals surface area contributed by atoms with Crippen LogP contribution in [-0.2, 0) is 4.74 Å². The molecule has 1 fully saturated rings. The Kier molecular flexibility index (Phi) is 5.21. The monoisotopic (exact) mass is 263 g/mol. The number of hydrogen-bond acceptors (Lipinski definition) is 4. The van der Waals surface area contributed by atoms with Crippen molar-refractivity contribution in [3.05, 3.63) is 29.8 Å². The second-order valence-electron chi connectivity index (χ2n) is 4.87.